The summed E-state index contributed by atoms with van der Waals surface area (Å²) >= 11 is 0. The second-order valence-corrected chi connectivity index (χ2v) is 5.54. The number of carbonyl (C=O) groups is 1. The van der Waals surface area contributed by atoms with E-state index in [1.807, 2.05) is 0 Å². The van der Waals surface area contributed by atoms with Crippen LogP contribution in [-0.4, -0.2) is 21.1 Å². The van der Waals surface area contributed by atoms with Crippen LogP contribution in [0.25, 0.3) is 0 Å². The van der Waals surface area contributed by atoms with Crippen LogP contribution in [0.4, 0.5) is 0 Å². The molecule has 0 fully saturated rings. The molecule has 1 rings (SSSR count). The average Bonchev–Trinajstić information content (AvgIpc) is 2.40. The lowest BCUT2D eigenvalue weighted by atomic mass is 9.98. The number of hydrogen-bond donors (Lipinski definition) is 3. The van der Waals surface area contributed by atoms with E-state index in [-0.39, 0.29) is 22.8 Å². The first-order valence-corrected chi connectivity index (χ1v) is 7.76. The number of unbranched alkanes of at least 4 members (excludes halogenated alkanes) is 6. The van der Waals surface area contributed by atoms with E-state index in [9.17, 15) is 20.1 Å². The summed E-state index contributed by atoms with van der Waals surface area (Å²) in [4.78, 5) is 11.4. The first-order chi connectivity index (χ1) is 9.99. The molecule has 0 heterocycles. The maximum atomic E-state index is 11.4. The van der Waals surface area contributed by atoms with Gasteiger partial charge in [-0.25, -0.2) is 0 Å². The highest BCUT2D eigenvalue weighted by molar-refractivity contribution is 6.00. The first kappa shape index (κ1) is 17.3. The lowest BCUT2D eigenvalue weighted by Crippen LogP contribution is -1.98. The molecule has 0 saturated carbocycles. The second kappa shape index (κ2) is 8.55. The van der Waals surface area contributed by atoms with E-state index < -0.39 is 5.78 Å². The molecule has 3 N–H and O–H groups in total. The van der Waals surface area contributed by atoms with Crippen molar-refractivity contribution < 1.29 is 20.1 Å². The van der Waals surface area contributed by atoms with Crippen molar-refractivity contribution >= 4 is 5.78 Å². The van der Waals surface area contributed by atoms with E-state index in [1.54, 1.807) is 0 Å². The van der Waals surface area contributed by atoms with Gasteiger partial charge in [0, 0.05) is 11.6 Å². The van der Waals surface area contributed by atoms with Crippen molar-refractivity contribution in [1.82, 2.24) is 0 Å². The topological polar surface area (TPSA) is 77.8 Å². The van der Waals surface area contributed by atoms with Crippen LogP contribution >= 0.6 is 0 Å². The Morgan fingerprint density at radius 2 is 1.52 bits per heavy atom. The molecule has 4 heteroatoms. The van der Waals surface area contributed by atoms with Crippen molar-refractivity contribution in [3.05, 3.63) is 17.2 Å². The van der Waals surface area contributed by atoms with Crippen LogP contribution < -0.4 is 0 Å². The zero-order valence-corrected chi connectivity index (χ0v) is 13.0. The van der Waals surface area contributed by atoms with Crippen LogP contribution in [0.15, 0.2) is 6.07 Å². The fourth-order valence-corrected chi connectivity index (χ4v) is 2.53. The van der Waals surface area contributed by atoms with Gasteiger partial charge >= 0.3 is 0 Å². The monoisotopic (exact) mass is 294 g/mol. The number of rotatable bonds is 9. The predicted octanol–water partition coefficient (Wildman–Crippen LogP) is 4.30. The summed E-state index contributed by atoms with van der Waals surface area (Å²) in [5, 5.41) is 29.5. The van der Waals surface area contributed by atoms with Crippen molar-refractivity contribution in [2.24, 2.45) is 0 Å². The first-order valence-electron chi connectivity index (χ1n) is 7.76. The number of Topliss-reactive ketones (excluding diaryl/α,β-unsaturated/α-hetero) is 1. The Bertz CT molecular complexity index is 480. The Morgan fingerprint density at radius 3 is 2.10 bits per heavy atom. The normalized spacial score (nSPS) is 10.8. The van der Waals surface area contributed by atoms with Gasteiger partial charge in [0.05, 0.1) is 0 Å². The Kier molecular flexibility index (Phi) is 7.06. The predicted molar refractivity (Wildman–Crippen MR) is 83.1 cm³/mol. The van der Waals surface area contributed by atoms with Gasteiger partial charge in [-0.1, -0.05) is 45.4 Å². The summed E-state index contributed by atoms with van der Waals surface area (Å²) in [5.74, 6) is -1.22. The third kappa shape index (κ3) is 4.96. The minimum absolute atomic E-state index is 0.106. The summed E-state index contributed by atoms with van der Waals surface area (Å²) < 4.78 is 0. The highest BCUT2D eigenvalue weighted by Gasteiger charge is 2.19. The Balaban J connectivity index is 2.59. The van der Waals surface area contributed by atoms with Crippen LogP contribution in [0.1, 0.15) is 74.7 Å². The van der Waals surface area contributed by atoms with E-state index in [4.69, 9.17) is 0 Å². The largest absolute Gasteiger partial charge is 0.507 e. The Hall–Kier alpha value is -1.71. The van der Waals surface area contributed by atoms with Crippen molar-refractivity contribution in [2.45, 2.75) is 65.2 Å². The van der Waals surface area contributed by atoms with Gasteiger partial charge in [0.2, 0.25) is 0 Å². The Morgan fingerprint density at radius 1 is 0.952 bits per heavy atom. The van der Waals surface area contributed by atoms with E-state index in [0.29, 0.717) is 12.0 Å². The minimum atomic E-state index is -0.411. The quantitative estimate of drug-likeness (QED) is 0.469. The van der Waals surface area contributed by atoms with Crippen molar-refractivity contribution in [2.75, 3.05) is 0 Å². The molecule has 0 amide bonds. The van der Waals surface area contributed by atoms with Crippen LogP contribution in [-0.2, 0) is 6.42 Å². The summed E-state index contributed by atoms with van der Waals surface area (Å²) in [5.41, 5.74) is 0.248. The number of phenolic OH excluding ortho intramolecular Hbond substituents is 3. The van der Waals surface area contributed by atoms with E-state index in [2.05, 4.69) is 6.92 Å². The molecule has 4 nitrogen and oxygen atoms in total. The zero-order chi connectivity index (χ0) is 15.8. The molecule has 0 aliphatic heterocycles. The number of hydrogen-bond acceptors (Lipinski definition) is 4. The number of aromatic hydroxyl groups is 3. The maximum Gasteiger partial charge on any atom is 0.167 e. The molecule has 0 unspecified atom stereocenters. The molecule has 0 aromatic heterocycles. The maximum absolute atomic E-state index is 11.4. The highest BCUT2D eigenvalue weighted by Crippen LogP contribution is 2.38. The molecule has 0 saturated heterocycles. The van der Waals surface area contributed by atoms with Gasteiger partial charge in [-0.15, -0.1) is 0 Å². The van der Waals surface area contributed by atoms with Gasteiger partial charge in [-0.3, -0.25) is 4.79 Å². The van der Waals surface area contributed by atoms with E-state index >= 15 is 0 Å². The number of ketones is 1. The fourth-order valence-electron chi connectivity index (χ4n) is 2.53. The van der Waals surface area contributed by atoms with Gasteiger partial charge in [0.15, 0.2) is 5.78 Å². The molecular weight excluding hydrogens is 268 g/mol. The lowest BCUT2D eigenvalue weighted by molar-refractivity contribution is 0.101. The van der Waals surface area contributed by atoms with Crippen molar-refractivity contribution in [3.8, 4) is 17.2 Å². The standard InChI is InChI=1S/C17H26O4/c1-3-4-5-6-7-8-9-10-13-14(19)11-15(20)16(12(2)18)17(13)21/h11,19-21H,3-10H2,1-2H3. The molecule has 21 heavy (non-hydrogen) atoms. The van der Waals surface area contributed by atoms with Gasteiger partial charge in [0.1, 0.15) is 22.8 Å². The summed E-state index contributed by atoms with van der Waals surface area (Å²) in [7, 11) is 0. The molecule has 0 aliphatic carbocycles. The summed E-state index contributed by atoms with van der Waals surface area (Å²) in [6, 6.07) is 1.13. The smallest absolute Gasteiger partial charge is 0.167 e. The molecular formula is C17H26O4. The highest BCUT2D eigenvalue weighted by atomic mass is 16.3. The molecule has 1 aromatic carbocycles. The summed E-state index contributed by atoms with van der Waals surface area (Å²) in [6.07, 6.45) is 8.46. The van der Waals surface area contributed by atoms with Gasteiger partial charge in [-0.05, 0) is 19.8 Å². The molecule has 0 atom stereocenters. The average molecular weight is 294 g/mol. The minimum Gasteiger partial charge on any atom is -0.507 e. The number of phenols is 3. The third-order valence-electron chi connectivity index (χ3n) is 3.74. The van der Waals surface area contributed by atoms with Gasteiger partial charge in [0.25, 0.3) is 0 Å². The third-order valence-corrected chi connectivity index (χ3v) is 3.74. The van der Waals surface area contributed by atoms with E-state index in [0.717, 1.165) is 25.3 Å². The molecule has 118 valence electrons. The number of benzene rings is 1. The SMILES string of the molecule is CCCCCCCCCc1c(O)cc(O)c(C(C)=O)c1O. The fraction of sp³-hybridized carbons (Fsp3) is 0.588. The van der Waals surface area contributed by atoms with Crippen molar-refractivity contribution in [3.63, 3.8) is 0 Å². The van der Waals surface area contributed by atoms with Crippen LogP contribution in [0, 0.1) is 0 Å². The molecule has 0 aliphatic rings. The summed E-state index contributed by atoms with van der Waals surface area (Å²) in [6.45, 7) is 3.46. The van der Waals surface area contributed by atoms with Crippen molar-refractivity contribution in [1.29, 1.82) is 0 Å². The lowest BCUT2D eigenvalue weighted by Gasteiger charge is -2.12. The second-order valence-electron chi connectivity index (χ2n) is 5.54. The van der Waals surface area contributed by atoms with Crippen LogP contribution in [0.2, 0.25) is 0 Å². The van der Waals surface area contributed by atoms with Gasteiger partial charge in [-0.2, -0.15) is 0 Å². The number of carbonyl (C=O) groups excluding carboxylic acids is 1. The van der Waals surface area contributed by atoms with E-state index in [1.165, 1.54) is 32.6 Å². The Labute approximate surface area is 126 Å². The molecule has 1 aromatic rings. The van der Waals surface area contributed by atoms with Crippen LogP contribution in [0.5, 0.6) is 17.2 Å². The zero-order valence-electron chi connectivity index (χ0n) is 13.0. The molecule has 0 bridgehead atoms. The van der Waals surface area contributed by atoms with Gasteiger partial charge < -0.3 is 15.3 Å². The van der Waals surface area contributed by atoms with Crippen LogP contribution in [0.3, 0.4) is 0 Å². The molecule has 0 spiro atoms. The molecule has 0 radical (unpaired) electrons.